The van der Waals surface area contributed by atoms with Gasteiger partial charge in [-0.1, -0.05) is 17.7 Å². The number of halogens is 2. The molecule has 0 aliphatic carbocycles. The van der Waals surface area contributed by atoms with Crippen LogP contribution in [-0.2, 0) is 11.2 Å². The summed E-state index contributed by atoms with van der Waals surface area (Å²) in [4.78, 5) is 12.7. The molecule has 112 valence electrons. The Labute approximate surface area is 131 Å². The largest absolute Gasteiger partial charge is 0.386 e. The van der Waals surface area contributed by atoms with Crippen molar-refractivity contribution in [2.75, 3.05) is 6.54 Å². The predicted octanol–water partition coefficient (Wildman–Crippen LogP) is 3.24. The maximum atomic E-state index is 13.6. The molecule has 0 aliphatic heterocycles. The first kappa shape index (κ1) is 15.9. The van der Waals surface area contributed by atoms with Gasteiger partial charge in [0.25, 0.3) is 0 Å². The molecule has 0 aliphatic rings. The minimum Gasteiger partial charge on any atom is -0.386 e. The Morgan fingerprint density at radius 3 is 2.86 bits per heavy atom. The second-order valence-corrected chi connectivity index (χ2v) is 6.02. The molecular formula is C15H15ClFNO2S. The molecule has 21 heavy (non-hydrogen) atoms. The first-order valence-electron chi connectivity index (χ1n) is 6.40. The van der Waals surface area contributed by atoms with Crippen molar-refractivity contribution in [1.29, 1.82) is 0 Å². The van der Waals surface area contributed by atoms with Gasteiger partial charge in [0.05, 0.1) is 6.42 Å². The SMILES string of the molecule is Cc1ccsc1[C@H](O)CNC(=O)Cc1c(F)cccc1Cl. The Balaban J connectivity index is 1.92. The Bertz CT molecular complexity index is 624. The Morgan fingerprint density at radius 2 is 2.24 bits per heavy atom. The van der Waals surface area contributed by atoms with E-state index in [1.807, 2.05) is 18.4 Å². The highest BCUT2D eigenvalue weighted by Gasteiger charge is 2.15. The fourth-order valence-electron chi connectivity index (χ4n) is 1.95. The summed E-state index contributed by atoms with van der Waals surface area (Å²) in [6, 6.07) is 6.20. The number of benzene rings is 1. The van der Waals surface area contributed by atoms with E-state index in [2.05, 4.69) is 5.32 Å². The van der Waals surface area contributed by atoms with Crippen molar-refractivity contribution < 1.29 is 14.3 Å². The lowest BCUT2D eigenvalue weighted by atomic mass is 10.1. The average Bonchev–Trinajstić information content (AvgIpc) is 2.87. The molecule has 0 saturated carbocycles. The van der Waals surface area contributed by atoms with Gasteiger partial charge in [-0.3, -0.25) is 4.79 Å². The number of thiophene rings is 1. The van der Waals surface area contributed by atoms with Crippen LogP contribution in [0.1, 0.15) is 22.1 Å². The maximum absolute atomic E-state index is 13.6. The summed E-state index contributed by atoms with van der Waals surface area (Å²) in [7, 11) is 0. The molecule has 6 heteroatoms. The normalized spacial score (nSPS) is 12.2. The lowest BCUT2D eigenvalue weighted by Gasteiger charge is -2.12. The van der Waals surface area contributed by atoms with Crippen molar-refractivity contribution in [3.63, 3.8) is 0 Å². The van der Waals surface area contributed by atoms with Crippen molar-refractivity contribution in [2.24, 2.45) is 0 Å². The van der Waals surface area contributed by atoms with Crippen molar-refractivity contribution in [3.05, 3.63) is 56.5 Å². The molecule has 1 aromatic carbocycles. The zero-order valence-electron chi connectivity index (χ0n) is 11.4. The van der Waals surface area contributed by atoms with Crippen LogP contribution in [0.25, 0.3) is 0 Å². The van der Waals surface area contributed by atoms with Crippen molar-refractivity contribution in [2.45, 2.75) is 19.4 Å². The molecule has 0 saturated heterocycles. The van der Waals surface area contributed by atoms with Gasteiger partial charge in [0, 0.05) is 22.0 Å². The van der Waals surface area contributed by atoms with Gasteiger partial charge in [-0.2, -0.15) is 0 Å². The highest BCUT2D eigenvalue weighted by Crippen LogP contribution is 2.23. The quantitative estimate of drug-likeness (QED) is 0.885. The number of hydrogen-bond acceptors (Lipinski definition) is 3. The van der Waals surface area contributed by atoms with E-state index in [9.17, 15) is 14.3 Å². The highest BCUT2D eigenvalue weighted by atomic mass is 35.5. The number of aryl methyl sites for hydroxylation is 1. The van der Waals surface area contributed by atoms with Crippen LogP contribution in [-0.4, -0.2) is 17.6 Å². The average molecular weight is 328 g/mol. The molecule has 2 rings (SSSR count). The Kier molecular flexibility index (Phi) is 5.33. The van der Waals surface area contributed by atoms with Gasteiger partial charge >= 0.3 is 0 Å². The first-order valence-corrected chi connectivity index (χ1v) is 7.66. The second-order valence-electron chi connectivity index (χ2n) is 4.66. The summed E-state index contributed by atoms with van der Waals surface area (Å²) in [5, 5.41) is 14.7. The standard InChI is InChI=1S/C15H15ClFNO2S/c1-9-5-6-21-15(9)13(19)8-18-14(20)7-10-11(16)3-2-4-12(10)17/h2-6,13,19H,7-8H2,1H3,(H,18,20)/t13-/m1/s1. The number of rotatable bonds is 5. The minimum absolute atomic E-state index is 0.0895. The van der Waals surface area contributed by atoms with E-state index < -0.39 is 11.9 Å². The van der Waals surface area contributed by atoms with E-state index in [4.69, 9.17) is 11.6 Å². The number of carbonyl (C=O) groups is 1. The van der Waals surface area contributed by atoms with Gasteiger partial charge < -0.3 is 10.4 Å². The Morgan fingerprint density at radius 1 is 1.48 bits per heavy atom. The van der Waals surface area contributed by atoms with Gasteiger partial charge in [0.15, 0.2) is 0 Å². The number of aliphatic hydroxyl groups excluding tert-OH is 1. The molecule has 0 bridgehead atoms. The summed E-state index contributed by atoms with van der Waals surface area (Å²) in [6.45, 7) is 1.99. The summed E-state index contributed by atoms with van der Waals surface area (Å²) < 4.78 is 13.6. The zero-order chi connectivity index (χ0) is 15.4. The van der Waals surface area contributed by atoms with Gasteiger partial charge in [-0.25, -0.2) is 4.39 Å². The van der Waals surface area contributed by atoms with Crippen LogP contribution in [0.2, 0.25) is 5.02 Å². The van der Waals surface area contributed by atoms with Crippen LogP contribution in [0.4, 0.5) is 4.39 Å². The highest BCUT2D eigenvalue weighted by molar-refractivity contribution is 7.10. The summed E-state index contributed by atoms with van der Waals surface area (Å²) in [5.74, 6) is -0.887. The minimum atomic E-state index is -0.759. The van der Waals surface area contributed by atoms with Crippen molar-refractivity contribution >= 4 is 28.8 Å². The molecular weight excluding hydrogens is 313 g/mol. The summed E-state index contributed by atoms with van der Waals surface area (Å²) in [6.07, 6.45) is -0.910. The van der Waals surface area contributed by atoms with E-state index in [1.165, 1.54) is 29.5 Å². The third-order valence-corrected chi connectivity index (χ3v) is 4.57. The molecule has 0 spiro atoms. The van der Waals surface area contributed by atoms with Crippen LogP contribution in [0.15, 0.2) is 29.6 Å². The molecule has 0 fully saturated rings. The number of hydrogen-bond donors (Lipinski definition) is 2. The van der Waals surface area contributed by atoms with Crippen LogP contribution in [0.5, 0.6) is 0 Å². The summed E-state index contributed by atoms with van der Waals surface area (Å²) >= 11 is 7.31. The molecule has 1 heterocycles. The molecule has 0 radical (unpaired) electrons. The van der Waals surface area contributed by atoms with E-state index in [0.717, 1.165) is 10.4 Å². The van der Waals surface area contributed by atoms with E-state index in [0.29, 0.717) is 0 Å². The van der Waals surface area contributed by atoms with Gasteiger partial charge in [-0.15, -0.1) is 11.3 Å². The summed E-state index contributed by atoms with van der Waals surface area (Å²) in [5.41, 5.74) is 1.15. The monoisotopic (exact) mass is 327 g/mol. The number of carbonyl (C=O) groups excluding carboxylic acids is 1. The van der Waals surface area contributed by atoms with E-state index in [1.54, 1.807) is 0 Å². The van der Waals surface area contributed by atoms with Crippen molar-refractivity contribution in [1.82, 2.24) is 5.32 Å². The van der Waals surface area contributed by atoms with Crippen LogP contribution in [0, 0.1) is 12.7 Å². The van der Waals surface area contributed by atoms with E-state index >= 15 is 0 Å². The van der Waals surface area contributed by atoms with Gasteiger partial charge in [0.2, 0.25) is 5.91 Å². The molecule has 0 unspecified atom stereocenters. The fraction of sp³-hybridized carbons (Fsp3) is 0.267. The molecule has 3 nitrogen and oxygen atoms in total. The van der Waals surface area contributed by atoms with Crippen molar-refractivity contribution in [3.8, 4) is 0 Å². The van der Waals surface area contributed by atoms with Crippen LogP contribution in [0.3, 0.4) is 0 Å². The lowest BCUT2D eigenvalue weighted by molar-refractivity contribution is -0.120. The predicted molar refractivity (Wildman–Crippen MR) is 82.1 cm³/mol. The molecule has 1 aromatic heterocycles. The van der Waals surface area contributed by atoms with E-state index in [-0.39, 0.29) is 29.5 Å². The Hall–Kier alpha value is -1.43. The molecule has 2 aromatic rings. The van der Waals surface area contributed by atoms with Gasteiger partial charge in [-0.05, 0) is 36.1 Å². The third-order valence-electron chi connectivity index (χ3n) is 3.10. The first-order chi connectivity index (χ1) is 9.99. The van der Waals surface area contributed by atoms with Crippen LogP contribution >= 0.6 is 22.9 Å². The third kappa shape index (κ3) is 4.03. The smallest absolute Gasteiger partial charge is 0.224 e. The molecule has 1 amide bonds. The zero-order valence-corrected chi connectivity index (χ0v) is 13.0. The lowest BCUT2D eigenvalue weighted by Crippen LogP contribution is -2.30. The fourth-order valence-corrected chi connectivity index (χ4v) is 3.10. The number of aliphatic hydroxyl groups is 1. The maximum Gasteiger partial charge on any atom is 0.224 e. The topological polar surface area (TPSA) is 49.3 Å². The van der Waals surface area contributed by atoms with Crippen LogP contribution < -0.4 is 5.32 Å². The molecule has 2 N–H and O–H groups in total. The number of amides is 1. The van der Waals surface area contributed by atoms with Gasteiger partial charge in [0.1, 0.15) is 11.9 Å². The number of nitrogens with one attached hydrogen (secondary N) is 1. The molecule has 1 atom stereocenters. The second kappa shape index (κ2) is 7.02.